The van der Waals surface area contributed by atoms with E-state index in [9.17, 15) is 10.1 Å². The third-order valence-corrected chi connectivity index (χ3v) is 2.50. The van der Waals surface area contributed by atoms with Crippen molar-refractivity contribution in [2.24, 2.45) is 10.2 Å². The van der Waals surface area contributed by atoms with Gasteiger partial charge in [0.2, 0.25) is 0 Å². The van der Waals surface area contributed by atoms with E-state index in [4.69, 9.17) is 0 Å². The zero-order chi connectivity index (χ0) is 9.47. The lowest BCUT2D eigenvalue weighted by molar-refractivity contribution is -0.384. The summed E-state index contributed by atoms with van der Waals surface area (Å²) < 4.78 is -0.637. The van der Waals surface area contributed by atoms with E-state index in [-0.39, 0.29) is 5.69 Å². The van der Waals surface area contributed by atoms with Gasteiger partial charge in [-0.1, -0.05) is 0 Å². The lowest BCUT2D eigenvalue weighted by Gasteiger charge is -2.00. The summed E-state index contributed by atoms with van der Waals surface area (Å²) in [5, 5.41) is 17.8. The molecule has 0 saturated heterocycles. The van der Waals surface area contributed by atoms with Gasteiger partial charge in [-0.15, -0.1) is 10.2 Å². The van der Waals surface area contributed by atoms with Crippen molar-refractivity contribution in [3.63, 3.8) is 0 Å². The molecule has 0 fully saturated rings. The van der Waals surface area contributed by atoms with Crippen LogP contribution in [0.1, 0.15) is 5.56 Å². The van der Waals surface area contributed by atoms with E-state index in [0.717, 1.165) is 5.56 Å². The van der Waals surface area contributed by atoms with E-state index in [2.05, 4.69) is 26.2 Å². The third kappa shape index (κ3) is 1.44. The third-order valence-electron chi connectivity index (χ3n) is 1.72. The molecule has 0 radical (unpaired) electrons. The minimum Gasteiger partial charge on any atom is -0.258 e. The Morgan fingerprint density at radius 2 is 1.85 bits per heavy atom. The lowest BCUT2D eigenvalue weighted by atomic mass is 10.2. The monoisotopic (exact) mass is 241 g/mol. The van der Waals surface area contributed by atoms with Crippen molar-refractivity contribution < 1.29 is 4.92 Å². The van der Waals surface area contributed by atoms with E-state index in [0.29, 0.717) is 0 Å². The number of rotatable bonds is 2. The van der Waals surface area contributed by atoms with Crippen LogP contribution < -0.4 is 0 Å². The Labute approximate surface area is 81.8 Å². The molecule has 1 heterocycles. The van der Waals surface area contributed by atoms with Gasteiger partial charge in [0.1, 0.15) is 0 Å². The van der Waals surface area contributed by atoms with E-state index < -0.39 is 9.50 Å². The summed E-state index contributed by atoms with van der Waals surface area (Å²) in [5.41, 5.74) is 0.874. The first-order valence-corrected chi connectivity index (χ1v) is 4.29. The molecule has 0 saturated carbocycles. The molecule has 0 aliphatic carbocycles. The van der Waals surface area contributed by atoms with Crippen molar-refractivity contribution in [2.75, 3.05) is 0 Å². The van der Waals surface area contributed by atoms with Crippen LogP contribution in [0.5, 0.6) is 0 Å². The number of non-ortho nitro benzene ring substituents is 1. The number of nitro benzene ring substituents is 1. The van der Waals surface area contributed by atoms with Gasteiger partial charge in [-0.05, 0) is 28.1 Å². The summed E-state index contributed by atoms with van der Waals surface area (Å²) >= 11 is 3.26. The van der Waals surface area contributed by atoms with Crippen LogP contribution in [0.15, 0.2) is 34.5 Å². The highest BCUT2D eigenvalue weighted by Gasteiger charge is 2.38. The van der Waals surface area contributed by atoms with Crippen molar-refractivity contribution in [2.45, 2.75) is 4.57 Å². The summed E-state index contributed by atoms with van der Waals surface area (Å²) in [6.45, 7) is 0. The van der Waals surface area contributed by atoms with Gasteiger partial charge >= 0.3 is 0 Å². The van der Waals surface area contributed by atoms with Gasteiger partial charge in [-0.2, -0.15) is 0 Å². The van der Waals surface area contributed by atoms with Gasteiger partial charge in [-0.25, -0.2) is 0 Å². The van der Waals surface area contributed by atoms with Gasteiger partial charge in [0, 0.05) is 17.7 Å². The Kier molecular flexibility index (Phi) is 1.66. The molecule has 0 amide bonds. The van der Waals surface area contributed by atoms with Crippen molar-refractivity contribution in [1.82, 2.24) is 0 Å². The Hall–Kier alpha value is -1.30. The molecule has 0 bridgehead atoms. The molecular formula is C7H4BrN3O2. The number of nitro groups is 1. The highest BCUT2D eigenvalue weighted by Crippen LogP contribution is 2.45. The summed E-state index contributed by atoms with van der Waals surface area (Å²) in [4.78, 5) is 9.89. The Morgan fingerprint density at radius 3 is 2.23 bits per heavy atom. The molecule has 0 unspecified atom stereocenters. The molecule has 1 aromatic rings. The van der Waals surface area contributed by atoms with Gasteiger partial charge < -0.3 is 0 Å². The Bertz CT molecular complexity index is 381. The van der Waals surface area contributed by atoms with Gasteiger partial charge in [0.25, 0.3) is 10.3 Å². The topological polar surface area (TPSA) is 67.9 Å². The minimum absolute atomic E-state index is 0.0699. The average molecular weight is 242 g/mol. The quantitative estimate of drug-likeness (QED) is 0.346. The molecular weight excluding hydrogens is 238 g/mol. The second kappa shape index (κ2) is 2.59. The molecule has 0 aromatic heterocycles. The summed E-state index contributed by atoms with van der Waals surface area (Å²) in [5.74, 6) is 0. The molecule has 0 atom stereocenters. The smallest absolute Gasteiger partial charge is 0.258 e. The standard InChI is InChI=1S/C7H4BrN3O2/c8-7(9-10-7)5-1-3-6(4-2-5)11(12)13/h1-4H. The molecule has 1 aromatic carbocycles. The number of benzene rings is 1. The van der Waals surface area contributed by atoms with E-state index in [1.165, 1.54) is 12.1 Å². The summed E-state index contributed by atoms with van der Waals surface area (Å²) in [6, 6.07) is 6.13. The molecule has 13 heavy (non-hydrogen) atoms. The molecule has 2 rings (SSSR count). The fourth-order valence-corrected chi connectivity index (χ4v) is 1.30. The van der Waals surface area contributed by atoms with E-state index in [1.54, 1.807) is 12.1 Å². The number of halogens is 1. The van der Waals surface area contributed by atoms with Crippen molar-refractivity contribution in [3.05, 3.63) is 39.9 Å². The van der Waals surface area contributed by atoms with Crippen LogP contribution in [0, 0.1) is 10.1 Å². The maximum atomic E-state index is 10.3. The second-order valence-corrected chi connectivity index (χ2v) is 3.70. The van der Waals surface area contributed by atoms with Gasteiger partial charge in [-0.3, -0.25) is 10.1 Å². The van der Waals surface area contributed by atoms with Crippen LogP contribution >= 0.6 is 15.9 Å². The average Bonchev–Trinajstić information content (AvgIpc) is 2.85. The fraction of sp³-hybridized carbons (Fsp3) is 0.143. The minimum atomic E-state index is -0.637. The first-order valence-electron chi connectivity index (χ1n) is 3.50. The molecule has 5 nitrogen and oxygen atoms in total. The molecule has 0 N–H and O–H groups in total. The number of alkyl halides is 1. The normalized spacial score (nSPS) is 17.0. The first kappa shape index (κ1) is 8.31. The van der Waals surface area contributed by atoms with Crippen molar-refractivity contribution in [3.8, 4) is 0 Å². The summed E-state index contributed by atoms with van der Waals surface area (Å²) in [7, 11) is 0. The predicted octanol–water partition coefficient (Wildman–Crippen LogP) is 2.57. The van der Waals surface area contributed by atoms with Gasteiger partial charge in [0.05, 0.1) is 4.92 Å². The maximum absolute atomic E-state index is 10.3. The van der Waals surface area contributed by atoms with Crippen molar-refractivity contribution >= 4 is 21.6 Å². The van der Waals surface area contributed by atoms with Crippen LogP contribution in [0.25, 0.3) is 0 Å². The molecule has 1 aliphatic heterocycles. The zero-order valence-electron chi connectivity index (χ0n) is 6.35. The first-order chi connectivity index (χ1) is 6.12. The predicted molar refractivity (Wildman–Crippen MR) is 48.6 cm³/mol. The SMILES string of the molecule is O=[N+]([O-])c1ccc(C2(Br)N=N2)cc1. The molecule has 66 valence electrons. The lowest BCUT2D eigenvalue weighted by Crippen LogP contribution is -1.97. The maximum Gasteiger partial charge on any atom is 0.269 e. The molecule has 1 aliphatic rings. The highest BCUT2D eigenvalue weighted by molar-refractivity contribution is 9.09. The van der Waals surface area contributed by atoms with E-state index >= 15 is 0 Å². The second-order valence-electron chi connectivity index (χ2n) is 2.59. The molecule has 6 heteroatoms. The van der Waals surface area contributed by atoms with Crippen LogP contribution in [0.4, 0.5) is 5.69 Å². The van der Waals surface area contributed by atoms with Gasteiger partial charge in [0.15, 0.2) is 0 Å². The Balaban J connectivity index is 2.29. The number of nitrogens with zero attached hydrogens (tertiary/aromatic N) is 3. The Morgan fingerprint density at radius 1 is 1.31 bits per heavy atom. The van der Waals surface area contributed by atoms with E-state index in [1.807, 2.05) is 0 Å². The zero-order valence-corrected chi connectivity index (χ0v) is 7.93. The number of hydrogen-bond donors (Lipinski definition) is 0. The van der Waals surface area contributed by atoms with Crippen LogP contribution in [0.2, 0.25) is 0 Å². The highest BCUT2D eigenvalue weighted by atomic mass is 79.9. The van der Waals surface area contributed by atoms with Crippen LogP contribution in [-0.2, 0) is 4.57 Å². The summed E-state index contributed by atoms with van der Waals surface area (Å²) in [6.07, 6.45) is 0. The largest absolute Gasteiger partial charge is 0.269 e. The van der Waals surface area contributed by atoms with Crippen LogP contribution in [-0.4, -0.2) is 4.92 Å². The molecule has 0 spiro atoms. The fourth-order valence-electron chi connectivity index (χ4n) is 0.955. The van der Waals surface area contributed by atoms with Crippen molar-refractivity contribution in [1.29, 1.82) is 0 Å². The number of hydrogen-bond acceptors (Lipinski definition) is 4. The van der Waals surface area contributed by atoms with Crippen LogP contribution in [0.3, 0.4) is 0 Å².